The molecule has 10 nitrogen and oxygen atoms in total. The van der Waals surface area contributed by atoms with Crippen molar-refractivity contribution in [3.05, 3.63) is 0 Å². The molecule has 0 bridgehead atoms. The van der Waals surface area contributed by atoms with Crippen LogP contribution in [-0.2, 0) is 32.9 Å². The average Bonchev–Trinajstić information content (AvgIpc) is 3.00. The zero-order valence-electron chi connectivity index (χ0n) is 31.2. The molecule has 0 aliphatic heterocycles. The average molecular weight is 722 g/mol. The largest absolute Gasteiger partial charge is 1.00 e. The first kappa shape index (κ1) is 52.9. The molecule has 0 saturated carbocycles. The van der Waals surface area contributed by atoms with Crippen LogP contribution in [0.5, 0.6) is 0 Å². The molecule has 0 aromatic rings. The number of nitrogens with one attached hydrogen (secondary N) is 1. The van der Waals surface area contributed by atoms with Crippen LogP contribution >= 0.6 is 7.82 Å². The van der Waals surface area contributed by atoms with Crippen LogP contribution in [0.3, 0.4) is 0 Å². The number of ether oxygens (including phenoxy) is 2. The summed E-state index contributed by atoms with van der Waals surface area (Å²) in [5.41, 5.74) is 0. The standard InChI is InChI=1S/C35H68NO9P.2Na/c1-3-4-5-6-7-8-12-16-19-22-25-28-35(39)45-33(31-44-46(40,41)42)30-43-34(38)27-24-21-18-15-13-10-9-11-14-17-20-23-26-29-36-32(2)37;;/h33H,3-31H2,1-2H3,(H,36,37)(H2,40,41,42);;/q;2*+1/p-2/t33-;;/m1../s1. The number of esters is 2. The van der Waals surface area contributed by atoms with Crippen LogP contribution in [0, 0.1) is 0 Å². The van der Waals surface area contributed by atoms with E-state index in [2.05, 4.69) is 16.8 Å². The molecule has 0 rings (SSSR count). The third-order valence-electron chi connectivity index (χ3n) is 8.06. The summed E-state index contributed by atoms with van der Waals surface area (Å²) in [4.78, 5) is 57.1. The molecule has 48 heavy (non-hydrogen) atoms. The van der Waals surface area contributed by atoms with Gasteiger partial charge in [0.1, 0.15) is 6.61 Å². The van der Waals surface area contributed by atoms with Crippen molar-refractivity contribution in [1.29, 1.82) is 0 Å². The number of unbranched alkanes of at least 4 members (excludes halogenated alkanes) is 22. The Bertz CT molecular complexity index is 802. The van der Waals surface area contributed by atoms with E-state index in [1.807, 2.05) is 0 Å². The van der Waals surface area contributed by atoms with Gasteiger partial charge < -0.3 is 33.7 Å². The molecule has 0 fully saturated rings. The smallest absolute Gasteiger partial charge is 0.790 e. The Morgan fingerprint density at radius 3 is 1.35 bits per heavy atom. The third kappa shape index (κ3) is 42.7. The number of hydrogen-bond acceptors (Lipinski definition) is 9. The van der Waals surface area contributed by atoms with Gasteiger partial charge in [-0.05, 0) is 19.3 Å². The Morgan fingerprint density at radius 1 is 0.583 bits per heavy atom. The van der Waals surface area contributed by atoms with Crippen molar-refractivity contribution in [2.45, 2.75) is 187 Å². The predicted octanol–water partition coefficient (Wildman–Crippen LogP) is 1.59. The van der Waals surface area contributed by atoms with Crippen molar-refractivity contribution < 1.29 is 102 Å². The molecule has 0 unspecified atom stereocenters. The summed E-state index contributed by atoms with van der Waals surface area (Å²) < 4.78 is 25.7. The molecule has 0 aromatic carbocycles. The number of phosphoric acid groups is 1. The Hall–Kier alpha value is 0.520. The van der Waals surface area contributed by atoms with Gasteiger partial charge in [0.05, 0.1) is 14.4 Å². The van der Waals surface area contributed by atoms with E-state index < -0.39 is 32.5 Å². The van der Waals surface area contributed by atoms with Crippen molar-refractivity contribution in [2.24, 2.45) is 0 Å². The zero-order valence-corrected chi connectivity index (χ0v) is 36.1. The van der Waals surface area contributed by atoms with Crippen LogP contribution in [0.2, 0.25) is 0 Å². The van der Waals surface area contributed by atoms with E-state index in [1.54, 1.807) is 6.92 Å². The van der Waals surface area contributed by atoms with Crippen LogP contribution < -0.4 is 74.2 Å². The van der Waals surface area contributed by atoms with Crippen LogP contribution in [0.25, 0.3) is 0 Å². The van der Waals surface area contributed by atoms with Gasteiger partial charge in [-0.3, -0.25) is 14.4 Å². The maximum absolute atomic E-state index is 12.3. The van der Waals surface area contributed by atoms with Crippen molar-refractivity contribution in [1.82, 2.24) is 5.32 Å². The summed E-state index contributed by atoms with van der Waals surface area (Å²) in [5.74, 6) is -0.934. The Morgan fingerprint density at radius 2 is 0.958 bits per heavy atom. The molecule has 0 aromatic heterocycles. The number of amides is 1. The fourth-order valence-corrected chi connectivity index (χ4v) is 5.68. The molecule has 0 saturated heterocycles. The fraction of sp³-hybridized carbons (Fsp3) is 0.914. The molecule has 0 heterocycles. The van der Waals surface area contributed by atoms with Crippen molar-refractivity contribution in [3.8, 4) is 0 Å². The van der Waals surface area contributed by atoms with E-state index >= 15 is 0 Å². The fourth-order valence-electron chi connectivity index (χ4n) is 5.33. The van der Waals surface area contributed by atoms with Crippen molar-refractivity contribution in [2.75, 3.05) is 19.8 Å². The first-order valence-corrected chi connectivity index (χ1v) is 19.9. The minimum atomic E-state index is -5.25. The molecule has 1 amide bonds. The van der Waals surface area contributed by atoms with Crippen LogP contribution in [0.4, 0.5) is 0 Å². The van der Waals surface area contributed by atoms with Crippen LogP contribution in [0.15, 0.2) is 0 Å². The molecule has 1 N–H and O–H groups in total. The summed E-state index contributed by atoms with van der Waals surface area (Å²) >= 11 is 0. The van der Waals surface area contributed by atoms with Gasteiger partial charge in [-0.15, -0.1) is 0 Å². The maximum atomic E-state index is 12.3. The number of carbonyl (C=O) groups is 3. The van der Waals surface area contributed by atoms with Gasteiger partial charge in [-0.1, -0.05) is 142 Å². The van der Waals surface area contributed by atoms with E-state index in [0.29, 0.717) is 12.8 Å². The van der Waals surface area contributed by atoms with E-state index in [4.69, 9.17) is 9.47 Å². The van der Waals surface area contributed by atoms with E-state index in [1.165, 1.54) is 96.3 Å². The van der Waals surface area contributed by atoms with E-state index in [9.17, 15) is 28.7 Å². The van der Waals surface area contributed by atoms with Crippen molar-refractivity contribution in [3.63, 3.8) is 0 Å². The van der Waals surface area contributed by atoms with Gasteiger partial charge in [0.2, 0.25) is 5.91 Å². The number of carbonyl (C=O) groups excluding carboxylic acids is 3. The Balaban J connectivity index is -0.0000101. The summed E-state index contributed by atoms with van der Waals surface area (Å²) in [7, 11) is -5.25. The third-order valence-corrected chi connectivity index (χ3v) is 8.53. The SMILES string of the molecule is CCCCCCCCCCCCCC(=O)O[C@H](COC(=O)CCCCCCCCCCCCCCCNC(C)=O)COP(=O)([O-])[O-].[Na+].[Na+]. The summed E-state index contributed by atoms with van der Waals surface area (Å²) in [6.45, 7) is 3.53. The van der Waals surface area contributed by atoms with Crippen LogP contribution in [0.1, 0.15) is 181 Å². The van der Waals surface area contributed by atoms with E-state index in [0.717, 1.165) is 51.5 Å². The molecule has 13 heteroatoms. The molecule has 1 atom stereocenters. The zero-order chi connectivity index (χ0) is 34.1. The second kappa shape index (κ2) is 38.7. The van der Waals surface area contributed by atoms with Gasteiger partial charge in [-0.2, -0.15) is 0 Å². The Labute approximate surface area is 336 Å². The first-order chi connectivity index (χ1) is 22.1. The number of hydrogen-bond donors (Lipinski definition) is 1. The second-order valence-electron chi connectivity index (χ2n) is 12.7. The molecule has 272 valence electrons. The summed E-state index contributed by atoms with van der Waals surface area (Å²) in [6.07, 6.45) is 26.7. The molecule has 0 spiro atoms. The quantitative estimate of drug-likeness (QED) is 0.0452. The molecule has 0 radical (unpaired) electrons. The Kier molecular flexibility index (Phi) is 42.7. The van der Waals surface area contributed by atoms with Gasteiger partial charge in [-0.25, -0.2) is 0 Å². The number of rotatable bonds is 34. The number of phosphoric ester groups is 1. The molecular formula is C35H66NNa2O9P. The predicted molar refractivity (Wildman–Crippen MR) is 179 cm³/mol. The molecule has 0 aliphatic carbocycles. The topological polar surface area (TPSA) is 154 Å². The molecule has 0 aliphatic rings. The maximum Gasteiger partial charge on any atom is 1.00 e. The molecular weight excluding hydrogens is 655 g/mol. The summed E-state index contributed by atoms with van der Waals surface area (Å²) in [6, 6.07) is 0. The normalized spacial score (nSPS) is 11.7. The van der Waals surface area contributed by atoms with Gasteiger partial charge >= 0.3 is 71.1 Å². The van der Waals surface area contributed by atoms with Crippen molar-refractivity contribution >= 4 is 25.7 Å². The van der Waals surface area contributed by atoms with Gasteiger partial charge in [0.15, 0.2) is 6.10 Å². The minimum absolute atomic E-state index is 0. The van der Waals surface area contributed by atoms with Gasteiger partial charge in [0, 0.05) is 26.3 Å². The minimum Gasteiger partial charge on any atom is -0.790 e. The van der Waals surface area contributed by atoms with Gasteiger partial charge in [0.25, 0.3) is 0 Å². The van der Waals surface area contributed by atoms with E-state index in [-0.39, 0.29) is 84.5 Å². The first-order valence-electron chi connectivity index (χ1n) is 18.4. The summed E-state index contributed by atoms with van der Waals surface area (Å²) in [5, 5.41) is 2.83. The van der Waals surface area contributed by atoms with Crippen LogP contribution in [-0.4, -0.2) is 43.7 Å². The monoisotopic (exact) mass is 721 g/mol. The second-order valence-corrected chi connectivity index (χ2v) is 13.8.